The second-order valence-electron chi connectivity index (χ2n) is 8.23. The topological polar surface area (TPSA) is 71.4 Å². The van der Waals surface area contributed by atoms with Crippen LogP contribution in [0, 0.1) is 5.82 Å². The fourth-order valence-corrected chi connectivity index (χ4v) is 5.91. The van der Waals surface area contributed by atoms with E-state index in [1.54, 1.807) is 7.11 Å². The van der Waals surface area contributed by atoms with Crippen LogP contribution in [0.25, 0.3) is 0 Å². The molecule has 3 aromatic rings. The van der Waals surface area contributed by atoms with Crippen molar-refractivity contribution in [2.75, 3.05) is 26.7 Å². The Labute approximate surface area is 198 Å². The number of amidine groups is 1. The number of para-hydroxylation sites is 2. The van der Waals surface area contributed by atoms with Gasteiger partial charge in [0.05, 0.1) is 17.6 Å². The third-order valence-electron chi connectivity index (χ3n) is 6.03. The third kappa shape index (κ3) is 4.01. The van der Waals surface area contributed by atoms with Crippen LogP contribution in [0.5, 0.6) is 17.2 Å². The van der Waals surface area contributed by atoms with Crippen molar-refractivity contribution in [3.05, 3.63) is 78.1 Å². The number of piperazine rings is 1. The summed E-state index contributed by atoms with van der Waals surface area (Å²) in [4.78, 5) is 7.08. The maximum absolute atomic E-state index is 13.3. The van der Waals surface area contributed by atoms with Gasteiger partial charge in [0.15, 0.2) is 5.75 Å². The molecule has 1 fully saturated rings. The van der Waals surface area contributed by atoms with E-state index in [1.807, 2.05) is 49.4 Å². The molecule has 0 bridgehead atoms. The Kier molecular flexibility index (Phi) is 5.75. The van der Waals surface area contributed by atoms with E-state index in [9.17, 15) is 12.8 Å². The molecule has 0 saturated carbocycles. The summed E-state index contributed by atoms with van der Waals surface area (Å²) in [7, 11) is -2.15. The highest BCUT2D eigenvalue weighted by Gasteiger charge is 2.36. The number of ether oxygens (including phenoxy) is 2. The Balaban J connectivity index is 1.48. The van der Waals surface area contributed by atoms with E-state index in [2.05, 4.69) is 4.90 Å². The SMILES string of the molecule is COc1ccc2c(c1)Oc1ccccc1N=C2N1CCN(S(=O)(=O)c2ccc(F)cc2)C(C)C1. The second-order valence-corrected chi connectivity index (χ2v) is 10.1. The number of halogens is 1. The van der Waals surface area contributed by atoms with E-state index >= 15 is 0 Å². The van der Waals surface area contributed by atoms with Crippen LogP contribution < -0.4 is 9.47 Å². The molecule has 1 unspecified atom stereocenters. The van der Waals surface area contributed by atoms with E-state index in [1.165, 1.54) is 16.4 Å². The molecule has 0 radical (unpaired) electrons. The zero-order valence-electron chi connectivity index (χ0n) is 18.8. The van der Waals surface area contributed by atoms with Gasteiger partial charge < -0.3 is 14.4 Å². The van der Waals surface area contributed by atoms with Crippen molar-refractivity contribution in [1.82, 2.24) is 9.21 Å². The summed E-state index contributed by atoms with van der Waals surface area (Å²) < 4.78 is 52.7. The molecule has 1 saturated heterocycles. The monoisotopic (exact) mass is 481 g/mol. The van der Waals surface area contributed by atoms with Crippen molar-refractivity contribution in [2.45, 2.75) is 17.9 Å². The van der Waals surface area contributed by atoms with Gasteiger partial charge in [0, 0.05) is 31.7 Å². The summed E-state index contributed by atoms with van der Waals surface area (Å²) in [6.45, 7) is 3.02. The zero-order valence-corrected chi connectivity index (χ0v) is 19.6. The van der Waals surface area contributed by atoms with E-state index in [4.69, 9.17) is 14.5 Å². The van der Waals surface area contributed by atoms with E-state index in [-0.39, 0.29) is 17.5 Å². The molecule has 0 aliphatic carbocycles. The summed E-state index contributed by atoms with van der Waals surface area (Å²) in [5.41, 5.74) is 1.50. The van der Waals surface area contributed by atoms with E-state index in [0.29, 0.717) is 41.9 Å². The highest BCUT2D eigenvalue weighted by molar-refractivity contribution is 7.89. The highest BCUT2D eigenvalue weighted by atomic mass is 32.2. The number of benzene rings is 3. The number of rotatable bonds is 3. The van der Waals surface area contributed by atoms with Gasteiger partial charge in [0.2, 0.25) is 10.0 Å². The number of nitrogens with zero attached hydrogens (tertiary/aromatic N) is 3. The molecule has 9 heteroatoms. The van der Waals surface area contributed by atoms with Crippen LogP contribution in [0.3, 0.4) is 0 Å². The molecule has 2 aliphatic heterocycles. The molecule has 0 aromatic heterocycles. The first-order valence-corrected chi connectivity index (χ1v) is 12.4. The molecule has 0 N–H and O–H groups in total. The van der Waals surface area contributed by atoms with Gasteiger partial charge in [-0.05, 0) is 55.5 Å². The standard InChI is InChI=1S/C25H24FN3O4S/c1-17-16-28(13-14-29(17)34(30,31)20-10-7-18(26)8-11-20)25-21-12-9-19(32-2)15-24(21)33-23-6-4-3-5-22(23)27-25/h3-12,15,17H,13-14,16H2,1-2H3. The van der Waals surface area contributed by atoms with Gasteiger partial charge in [-0.3, -0.25) is 0 Å². The quantitative estimate of drug-likeness (QED) is 0.554. The minimum atomic E-state index is -3.75. The van der Waals surface area contributed by atoms with Crippen LogP contribution in [-0.4, -0.2) is 56.2 Å². The van der Waals surface area contributed by atoms with E-state index in [0.717, 1.165) is 17.7 Å². The van der Waals surface area contributed by atoms with E-state index < -0.39 is 15.8 Å². The highest BCUT2D eigenvalue weighted by Crippen LogP contribution is 2.39. The second kappa shape index (κ2) is 8.73. The Bertz CT molecular complexity index is 1360. The predicted octanol–water partition coefficient (Wildman–Crippen LogP) is 4.41. The molecule has 34 heavy (non-hydrogen) atoms. The Hall–Kier alpha value is -3.43. The normalized spacial score (nSPS) is 18.3. The van der Waals surface area contributed by atoms with Crippen LogP contribution in [0.4, 0.5) is 10.1 Å². The number of aliphatic imine (C=N–C) groups is 1. The molecule has 0 spiro atoms. The lowest BCUT2D eigenvalue weighted by Crippen LogP contribution is -2.55. The summed E-state index contributed by atoms with van der Waals surface area (Å²) in [6.07, 6.45) is 0. The van der Waals surface area contributed by atoms with Gasteiger partial charge in [0.1, 0.15) is 28.8 Å². The lowest BCUT2D eigenvalue weighted by atomic mass is 10.1. The van der Waals surface area contributed by atoms with Crippen LogP contribution in [-0.2, 0) is 10.0 Å². The lowest BCUT2D eigenvalue weighted by Gasteiger charge is -2.40. The van der Waals surface area contributed by atoms with Crippen molar-refractivity contribution in [1.29, 1.82) is 0 Å². The van der Waals surface area contributed by atoms with Crippen molar-refractivity contribution >= 4 is 21.5 Å². The predicted molar refractivity (Wildman–Crippen MR) is 127 cm³/mol. The first-order valence-electron chi connectivity index (χ1n) is 10.9. The summed E-state index contributed by atoms with van der Waals surface area (Å²) in [6, 6.07) is 17.7. The van der Waals surface area contributed by atoms with Crippen LogP contribution in [0.15, 0.2) is 76.6 Å². The van der Waals surface area contributed by atoms with Crippen molar-refractivity contribution in [3.8, 4) is 17.2 Å². The van der Waals surface area contributed by atoms with Gasteiger partial charge in [-0.15, -0.1) is 0 Å². The summed E-state index contributed by atoms with van der Waals surface area (Å²) >= 11 is 0. The number of hydrogen-bond acceptors (Lipinski definition) is 6. The smallest absolute Gasteiger partial charge is 0.243 e. The maximum Gasteiger partial charge on any atom is 0.243 e. The fraction of sp³-hybridized carbons (Fsp3) is 0.240. The molecule has 1 atom stereocenters. The van der Waals surface area contributed by atoms with Crippen molar-refractivity contribution in [2.24, 2.45) is 4.99 Å². The fourth-order valence-electron chi connectivity index (χ4n) is 4.30. The maximum atomic E-state index is 13.3. The Morgan fingerprint density at radius 2 is 1.79 bits per heavy atom. The molecule has 3 aromatic carbocycles. The third-order valence-corrected chi connectivity index (χ3v) is 8.06. The van der Waals surface area contributed by atoms with Gasteiger partial charge >= 0.3 is 0 Å². The molecule has 0 amide bonds. The number of methoxy groups -OCH3 is 1. The first-order chi connectivity index (χ1) is 16.4. The molecule has 5 rings (SSSR count). The van der Waals surface area contributed by atoms with Crippen LogP contribution >= 0.6 is 0 Å². The Morgan fingerprint density at radius 3 is 2.53 bits per heavy atom. The summed E-state index contributed by atoms with van der Waals surface area (Å²) in [5, 5.41) is 0. The van der Waals surface area contributed by atoms with Crippen LogP contribution in [0.2, 0.25) is 0 Å². The van der Waals surface area contributed by atoms with Gasteiger partial charge in [-0.1, -0.05) is 12.1 Å². The molecule has 7 nitrogen and oxygen atoms in total. The molecule has 176 valence electrons. The minimum Gasteiger partial charge on any atom is -0.497 e. The number of hydrogen-bond donors (Lipinski definition) is 0. The van der Waals surface area contributed by atoms with Gasteiger partial charge in [-0.25, -0.2) is 17.8 Å². The number of fused-ring (bicyclic) bond motifs is 2. The molecule has 2 heterocycles. The first kappa shape index (κ1) is 22.4. The Morgan fingerprint density at radius 1 is 1.03 bits per heavy atom. The average Bonchev–Trinajstić information content (AvgIpc) is 3.00. The van der Waals surface area contributed by atoms with Crippen molar-refractivity contribution in [3.63, 3.8) is 0 Å². The number of sulfonamides is 1. The van der Waals surface area contributed by atoms with Gasteiger partial charge in [-0.2, -0.15) is 4.31 Å². The van der Waals surface area contributed by atoms with Crippen molar-refractivity contribution < 1.29 is 22.3 Å². The van der Waals surface area contributed by atoms with Crippen LogP contribution in [0.1, 0.15) is 12.5 Å². The lowest BCUT2D eigenvalue weighted by molar-refractivity contribution is 0.205. The molecular formula is C25H24FN3O4S. The molecular weight excluding hydrogens is 457 g/mol. The molecule has 2 aliphatic rings. The summed E-state index contributed by atoms with van der Waals surface area (Å²) in [5.74, 6) is 2.17. The minimum absolute atomic E-state index is 0.0841. The van der Waals surface area contributed by atoms with Gasteiger partial charge in [0.25, 0.3) is 0 Å². The zero-order chi connectivity index (χ0) is 23.9. The average molecular weight is 482 g/mol. The largest absolute Gasteiger partial charge is 0.497 e.